The Balaban J connectivity index is 2.18. The molecule has 0 saturated heterocycles. The summed E-state index contributed by atoms with van der Waals surface area (Å²) in [5.74, 6) is -0.240. The predicted octanol–water partition coefficient (Wildman–Crippen LogP) is 2.67. The number of halogens is 1. The number of amides is 1. The minimum atomic E-state index is -0.514. The molecule has 0 bridgehead atoms. The third-order valence-corrected chi connectivity index (χ3v) is 2.59. The van der Waals surface area contributed by atoms with Crippen LogP contribution in [-0.2, 0) is 0 Å². The molecule has 2 aromatic carbocycles. The van der Waals surface area contributed by atoms with Crippen molar-refractivity contribution in [2.75, 3.05) is 18.2 Å². The third-order valence-electron chi connectivity index (χ3n) is 2.59. The number of carbonyl (C=O) groups excluding carboxylic acids is 1. The first kappa shape index (κ1) is 12.9. The number of anilines is 2. The van der Waals surface area contributed by atoms with Crippen molar-refractivity contribution < 1.29 is 13.9 Å². The molecule has 0 heterocycles. The summed E-state index contributed by atoms with van der Waals surface area (Å²) >= 11 is 0. The Labute approximate surface area is 110 Å². The lowest BCUT2D eigenvalue weighted by Crippen LogP contribution is -2.12. The zero-order valence-corrected chi connectivity index (χ0v) is 10.3. The molecule has 0 aliphatic rings. The fourth-order valence-electron chi connectivity index (χ4n) is 1.59. The van der Waals surface area contributed by atoms with E-state index in [0.717, 1.165) is 0 Å². The van der Waals surface area contributed by atoms with Gasteiger partial charge in [0.2, 0.25) is 0 Å². The number of nitrogen functional groups attached to an aromatic ring is 1. The maximum atomic E-state index is 13.0. The molecule has 0 radical (unpaired) electrons. The van der Waals surface area contributed by atoms with E-state index in [1.807, 2.05) is 0 Å². The molecule has 5 heteroatoms. The summed E-state index contributed by atoms with van der Waals surface area (Å²) in [5, 5.41) is 2.64. The molecule has 0 aliphatic heterocycles. The van der Waals surface area contributed by atoms with E-state index in [1.54, 1.807) is 24.3 Å². The first-order valence-electron chi connectivity index (χ1n) is 5.60. The normalized spacial score (nSPS) is 10.0. The average Bonchev–Trinajstić information content (AvgIpc) is 2.43. The van der Waals surface area contributed by atoms with Gasteiger partial charge in [0.15, 0.2) is 0 Å². The molecule has 0 atom stereocenters. The van der Waals surface area contributed by atoms with Gasteiger partial charge < -0.3 is 15.8 Å². The van der Waals surface area contributed by atoms with Crippen molar-refractivity contribution in [2.24, 2.45) is 0 Å². The van der Waals surface area contributed by atoms with Crippen LogP contribution >= 0.6 is 0 Å². The number of benzene rings is 2. The van der Waals surface area contributed by atoms with Gasteiger partial charge in [-0.05, 0) is 36.4 Å². The number of ether oxygens (including phenoxy) is 1. The van der Waals surface area contributed by atoms with Crippen molar-refractivity contribution in [2.45, 2.75) is 0 Å². The number of nitrogens with two attached hydrogens (primary N) is 1. The van der Waals surface area contributed by atoms with E-state index >= 15 is 0 Å². The van der Waals surface area contributed by atoms with Crippen LogP contribution in [0.15, 0.2) is 42.5 Å². The smallest absolute Gasteiger partial charge is 0.255 e. The Kier molecular flexibility index (Phi) is 3.66. The number of hydrogen-bond acceptors (Lipinski definition) is 3. The van der Waals surface area contributed by atoms with E-state index in [-0.39, 0.29) is 11.6 Å². The molecule has 0 spiro atoms. The van der Waals surface area contributed by atoms with Crippen molar-refractivity contribution in [1.29, 1.82) is 0 Å². The molecule has 0 aromatic heterocycles. The predicted molar refractivity (Wildman–Crippen MR) is 71.8 cm³/mol. The van der Waals surface area contributed by atoms with Gasteiger partial charge in [-0.3, -0.25) is 4.79 Å². The van der Waals surface area contributed by atoms with E-state index in [2.05, 4.69) is 5.32 Å². The summed E-state index contributed by atoms with van der Waals surface area (Å²) < 4.78 is 18.0. The molecule has 2 aromatic rings. The van der Waals surface area contributed by atoms with Gasteiger partial charge in [-0.2, -0.15) is 0 Å². The number of rotatable bonds is 3. The largest absolute Gasteiger partial charge is 0.497 e. The number of carbonyl (C=O) groups is 1. The Bertz CT molecular complexity index is 614. The highest BCUT2D eigenvalue weighted by Gasteiger charge is 2.08. The molecule has 19 heavy (non-hydrogen) atoms. The van der Waals surface area contributed by atoms with E-state index in [9.17, 15) is 9.18 Å². The van der Waals surface area contributed by atoms with Gasteiger partial charge in [0.05, 0.1) is 12.8 Å². The first-order chi connectivity index (χ1) is 9.10. The zero-order chi connectivity index (χ0) is 13.8. The standard InChI is InChI=1S/C14H13FN2O2/c1-19-11-4-2-3-9(7-11)14(18)17-10-5-6-12(15)13(16)8-10/h2-8H,16H2,1H3,(H,17,18). The van der Waals surface area contributed by atoms with Gasteiger partial charge in [0, 0.05) is 11.3 Å². The van der Waals surface area contributed by atoms with Gasteiger partial charge in [-0.1, -0.05) is 6.07 Å². The number of hydrogen-bond donors (Lipinski definition) is 2. The topological polar surface area (TPSA) is 64.3 Å². The summed E-state index contributed by atoms with van der Waals surface area (Å²) in [7, 11) is 1.53. The van der Waals surface area contributed by atoms with Crippen LogP contribution in [0.1, 0.15) is 10.4 Å². The monoisotopic (exact) mass is 260 g/mol. The highest BCUT2D eigenvalue weighted by Crippen LogP contribution is 2.18. The maximum Gasteiger partial charge on any atom is 0.255 e. The Hall–Kier alpha value is -2.56. The highest BCUT2D eigenvalue weighted by atomic mass is 19.1. The van der Waals surface area contributed by atoms with Crippen LogP contribution in [0.25, 0.3) is 0 Å². The van der Waals surface area contributed by atoms with Crippen LogP contribution in [0, 0.1) is 5.82 Å². The lowest BCUT2D eigenvalue weighted by Gasteiger charge is -2.07. The second-order valence-corrected chi connectivity index (χ2v) is 3.92. The van der Waals surface area contributed by atoms with E-state index in [0.29, 0.717) is 17.0 Å². The summed E-state index contributed by atoms with van der Waals surface area (Å²) in [4.78, 5) is 12.0. The lowest BCUT2D eigenvalue weighted by atomic mass is 10.2. The number of methoxy groups -OCH3 is 1. The van der Waals surface area contributed by atoms with E-state index in [1.165, 1.54) is 25.3 Å². The maximum absolute atomic E-state index is 13.0. The molecule has 0 aliphatic carbocycles. The molecule has 4 nitrogen and oxygen atoms in total. The summed E-state index contributed by atoms with van der Waals surface area (Å²) in [6.45, 7) is 0. The molecule has 3 N–H and O–H groups in total. The summed E-state index contributed by atoms with van der Waals surface area (Å²) in [6, 6.07) is 10.8. The van der Waals surface area contributed by atoms with Crippen molar-refractivity contribution in [3.05, 3.63) is 53.8 Å². The zero-order valence-electron chi connectivity index (χ0n) is 10.3. The lowest BCUT2D eigenvalue weighted by molar-refractivity contribution is 0.102. The van der Waals surface area contributed by atoms with Gasteiger partial charge in [0.1, 0.15) is 11.6 Å². The Morgan fingerprint density at radius 2 is 2.05 bits per heavy atom. The van der Waals surface area contributed by atoms with Crippen LogP contribution < -0.4 is 15.8 Å². The minimum absolute atomic E-state index is 0.0107. The average molecular weight is 260 g/mol. The molecule has 0 unspecified atom stereocenters. The van der Waals surface area contributed by atoms with Crippen molar-refractivity contribution in [3.63, 3.8) is 0 Å². The highest BCUT2D eigenvalue weighted by molar-refractivity contribution is 6.04. The molecule has 2 rings (SSSR count). The second-order valence-electron chi connectivity index (χ2n) is 3.92. The minimum Gasteiger partial charge on any atom is -0.497 e. The van der Waals surface area contributed by atoms with Gasteiger partial charge >= 0.3 is 0 Å². The molecule has 1 amide bonds. The summed E-state index contributed by atoms with van der Waals surface area (Å²) in [6.07, 6.45) is 0. The van der Waals surface area contributed by atoms with E-state index in [4.69, 9.17) is 10.5 Å². The van der Waals surface area contributed by atoms with E-state index < -0.39 is 5.82 Å². The fraction of sp³-hybridized carbons (Fsp3) is 0.0714. The van der Waals surface area contributed by atoms with Crippen LogP contribution in [0.4, 0.5) is 15.8 Å². The SMILES string of the molecule is COc1cccc(C(=O)Nc2ccc(F)c(N)c2)c1. The van der Waals surface area contributed by atoms with Crippen molar-refractivity contribution in [3.8, 4) is 5.75 Å². The molecule has 0 saturated carbocycles. The van der Waals surface area contributed by atoms with Gasteiger partial charge in [-0.25, -0.2) is 4.39 Å². The molecular weight excluding hydrogens is 247 g/mol. The fourth-order valence-corrected chi connectivity index (χ4v) is 1.59. The molecule has 98 valence electrons. The van der Waals surface area contributed by atoms with Crippen LogP contribution in [-0.4, -0.2) is 13.0 Å². The quantitative estimate of drug-likeness (QED) is 0.834. The molecular formula is C14H13FN2O2. The van der Waals surface area contributed by atoms with Crippen LogP contribution in [0.2, 0.25) is 0 Å². The summed E-state index contributed by atoms with van der Waals surface area (Å²) in [5.41, 5.74) is 6.31. The Morgan fingerprint density at radius 3 is 2.74 bits per heavy atom. The van der Waals surface area contributed by atoms with Gasteiger partial charge in [-0.15, -0.1) is 0 Å². The van der Waals surface area contributed by atoms with Crippen molar-refractivity contribution >= 4 is 17.3 Å². The Morgan fingerprint density at radius 1 is 1.26 bits per heavy atom. The van der Waals surface area contributed by atoms with Gasteiger partial charge in [0.25, 0.3) is 5.91 Å². The molecule has 0 fully saturated rings. The first-order valence-corrected chi connectivity index (χ1v) is 5.60. The third kappa shape index (κ3) is 3.01. The van der Waals surface area contributed by atoms with Crippen molar-refractivity contribution in [1.82, 2.24) is 0 Å². The van der Waals surface area contributed by atoms with Crippen LogP contribution in [0.5, 0.6) is 5.75 Å². The second kappa shape index (κ2) is 5.39. The number of nitrogens with one attached hydrogen (secondary N) is 1. The van der Waals surface area contributed by atoms with Crippen LogP contribution in [0.3, 0.4) is 0 Å².